The highest BCUT2D eigenvalue weighted by atomic mass is 16.2. The predicted octanol–water partition coefficient (Wildman–Crippen LogP) is 3.04. The number of rotatable bonds is 8. The number of nitrogens with zero attached hydrogens (tertiary/aromatic N) is 2. The van der Waals surface area contributed by atoms with Crippen molar-refractivity contribution in [3.05, 3.63) is 107 Å². The maximum absolute atomic E-state index is 12.9. The molecule has 43 heavy (non-hydrogen) atoms. The molecule has 0 saturated carbocycles. The Morgan fingerprint density at radius 3 is 2.51 bits per heavy atom. The molecule has 1 aromatic heterocycles. The van der Waals surface area contributed by atoms with Gasteiger partial charge in [0.25, 0.3) is 5.91 Å². The molecule has 10 heteroatoms. The Kier molecular flexibility index (Phi) is 7.65. The normalized spacial score (nSPS) is 16.1. The van der Waals surface area contributed by atoms with Gasteiger partial charge in [0.1, 0.15) is 6.04 Å². The van der Waals surface area contributed by atoms with Crippen molar-refractivity contribution < 1.29 is 24.0 Å². The number of fused-ring (bicyclic) bond motifs is 2. The first-order chi connectivity index (χ1) is 20.8. The summed E-state index contributed by atoms with van der Waals surface area (Å²) in [5, 5.41) is 9.12. The SMILES string of the molecule is O=C(Cc1cccc2cccnc12)NCc1ccc(CC(=O)Nc2ccc3c(c2)CN(C2CCC(=O)NC2=O)C3=O)cc1. The molecule has 3 aromatic carbocycles. The molecule has 0 spiro atoms. The maximum atomic E-state index is 12.9. The van der Waals surface area contributed by atoms with Gasteiger partial charge >= 0.3 is 0 Å². The third kappa shape index (κ3) is 6.13. The first-order valence-corrected chi connectivity index (χ1v) is 14.1. The minimum absolute atomic E-state index is 0.0992. The fourth-order valence-electron chi connectivity index (χ4n) is 5.56. The van der Waals surface area contributed by atoms with Crippen LogP contribution in [-0.2, 0) is 45.1 Å². The van der Waals surface area contributed by atoms with Crippen molar-refractivity contribution in [1.82, 2.24) is 20.5 Å². The highest BCUT2D eigenvalue weighted by Crippen LogP contribution is 2.29. The van der Waals surface area contributed by atoms with E-state index in [2.05, 4.69) is 20.9 Å². The second kappa shape index (κ2) is 11.8. The first kappa shape index (κ1) is 27.8. The molecule has 0 bridgehead atoms. The lowest BCUT2D eigenvalue weighted by Gasteiger charge is -2.29. The molecule has 1 saturated heterocycles. The summed E-state index contributed by atoms with van der Waals surface area (Å²) < 4.78 is 0. The fraction of sp³-hybridized carbons (Fsp3) is 0.212. The van der Waals surface area contributed by atoms with Crippen LogP contribution in [0.15, 0.2) is 79.0 Å². The van der Waals surface area contributed by atoms with Crippen LogP contribution in [0.2, 0.25) is 0 Å². The summed E-state index contributed by atoms with van der Waals surface area (Å²) in [6.07, 6.45) is 2.59. The van der Waals surface area contributed by atoms with Crippen molar-refractivity contribution in [2.24, 2.45) is 0 Å². The molecule has 216 valence electrons. The van der Waals surface area contributed by atoms with Gasteiger partial charge in [0, 0.05) is 42.3 Å². The number of benzene rings is 3. The first-order valence-electron chi connectivity index (χ1n) is 14.1. The Labute approximate surface area is 247 Å². The Morgan fingerprint density at radius 2 is 1.70 bits per heavy atom. The van der Waals surface area contributed by atoms with Gasteiger partial charge in [0.05, 0.1) is 18.4 Å². The highest BCUT2D eigenvalue weighted by molar-refractivity contribution is 6.05. The molecular formula is C33H29N5O5. The number of hydrogen-bond acceptors (Lipinski definition) is 6. The van der Waals surface area contributed by atoms with Crippen molar-refractivity contribution in [3.63, 3.8) is 0 Å². The van der Waals surface area contributed by atoms with Crippen LogP contribution in [0.25, 0.3) is 10.9 Å². The summed E-state index contributed by atoms with van der Waals surface area (Å²) in [7, 11) is 0. The predicted molar refractivity (Wildman–Crippen MR) is 159 cm³/mol. The Balaban J connectivity index is 1.00. The standard InChI is InChI=1S/C33H29N5O5/c39-28-13-12-27(32(42)37-28)38-19-24-16-25(10-11-26(24)33(38)43)36-30(41)15-20-6-8-21(9-7-20)18-35-29(40)17-23-4-1-3-22-5-2-14-34-31(22)23/h1-11,14,16,27H,12-13,15,17-19H2,(H,35,40)(H,36,41)(H,37,39,42). The average molecular weight is 576 g/mol. The lowest BCUT2D eigenvalue weighted by atomic mass is 10.0. The maximum Gasteiger partial charge on any atom is 0.255 e. The van der Waals surface area contributed by atoms with Crippen LogP contribution in [0.1, 0.15) is 45.5 Å². The minimum atomic E-state index is -0.687. The molecule has 1 atom stereocenters. The van der Waals surface area contributed by atoms with Crippen molar-refractivity contribution in [2.75, 3.05) is 5.32 Å². The number of carbonyl (C=O) groups is 5. The van der Waals surface area contributed by atoms with Crippen LogP contribution < -0.4 is 16.0 Å². The number of imide groups is 1. The van der Waals surface area contributed by atoms with Crippen LogP contribution in [0.4, 0.5) is 5.69 Å². The van der Waals surface area contributed by atoms with Gasteiger partial charge in [0.2, 0.25) is 23.6 Å². The minimum Gasteiger partial charge on any atom is -0.352 e. The molecule has 4 aromatic rings. The fourth-order valence-corrected chi connectivity index (χ4v) is 5.56. The van der Waals surface area contributed by atoms with E-state index >= 15 is 0 Å². The Hall–Kier alpha value is -5.38. The summed E-state index contributed by atoms with van der Waals surface area (Å²) in [5.74, 6) is -1.36. The van der Waals surface area contributed by atoms with Crippen LogP contribution in [0.5, 0.6) is 0 Å². The van der Waals surface area contributed by atoms with Gasteiger partial charge in [-0.25, -0.2) is 0 Å². The number of carbonyl (C=O) groups excluding carboxylic acids is 5. The number of amides is 5. The summed E-state index contributed by atoms with van der Waals surface area (Å²) in [4.78, 5) is 67.9. The molecule has 2 aliphatic heterocycles. The van der Waals surface area contributed by atoms with Crippen molar-refractivity contribution in [3.8, 4) is 0 Å². The van der Waals surface area contributed by atoms with Crippen molar-refractivity contribution in [2.45, 2.75) is 44.8 Å². The van der Waals surface area contributed by atoms with Gasteiger partial charge in [-0.3, -0.25) is 34.3 Å². The monoisotopic (exact) mass is 575 g/mol. The Morgan fingerprint density at radius 1 is 0.907 bits per heavy atom. The van der Waals surface area contributed by atoms with Gasteiger partial charge < -0.3 is 15.5 Å². The highest BCUT2D eigenvalue weighted by Gasteiger charge is 2.39. The van der Waals surface area contributed by atoms with Gasteiger partial charge in [-0.1, -0.05) is 48.5 Å². The third-order valence-electron chi connectivity index (χ3n) is 7.75. The molecule has 0 aliphatic carbocycles. The lowest BCUT2D eigenvalue weighted by molar-refractivity contribution is -0.137. The quantitative estimate of drug-likeness (QED) is 0.276. The van der Waals surface area contributed by atoms with E-state index in [9.17, 15) is 24.0 Å². The van der Waals surface area contributed by atoms with E-state index < -0.39 is 11.9 Å². The van der Waals surface area contributed by atoms with E-state index in [0.717, 1.165) is 33.2 Å². The van der Waals surface area contributed by atoms with E-state index in [1.54, 1.807) is 24.4 Å². The molecule has 6 rings (SSSR count). The van der Waals surface area contributed by atoms with Crippen molar-refractivity contribution in [1.29, 1.82) is 0 Å². The molecule has 5 amide bonds. The Bertz CT molecular complexity index is 1760. The molecule has 1 fully saturated rings. The van der Waals surface area contributed by atoms with Gasteiger partial charge in [0.15, 0.2) is 0 Å². The number of nitrogens with one attached hydrogen (secondary N) is 3. The van der Waals surface area contributed by atoms with Gasteiger partial charge in [-0.15, -0.1) is 0 Å². The molecule has 1 unspecified atom stereocenters. The zero-order valence-corrected chi connectivity index (χ0v) is 23.3. The molecule has 10 nitrogen and oxygen atoms in total. The van der Waals surface area contributed by atoms with Crippen LogP contribution in [-0.4, -0.2) is 45.5 Å². The zero-order chi connectivity index (χ0) is 29.9. The van der Waals surface area contributed by atoms with E-state index in [-0.39, 0.29) is 49.4 Å². The topological polar surface area (TPSA) is 138 Å². The van der Waals surface area contributed by atoms with E-state index in [1.807, 2.05) is 54.6 Å². The number of piperidine rings is 1. The lowest BCUT2D eigenvalue weighted by Crippen LogP contribution is -2.52. The number of pyridine rings is 1. The van der Waals surface area contributed by atoms with Crippen LogP contribution in [0, 0.1) is 0 Å². The summed E-state index contributed by atoms with van der Waals surface area (Å²) in [6, 6.07) is 21.5. The summed E-state index contributed by atoms with van der Waals surface area (Å²) in [6.45, 7) is 0.605. The summed E-state index contributed by atoms with van der Waals surface area (Å²) >= 11 is 0. The van der Waals surface area contributed by atoms with Crippen LogP contribution in [0.3, 0.4) is 0 Å². The number of hydrogen-bond donors (Lipinski definition) is 3. The van der Waals surface area contributed by atoms with Gasteiger partial charge in [-0.2, -0.15) is 0 Å². The van der Waals surface area contributed by atoms with E-state index in [0.29, 0.717) is 24.2 Å². The average Bonchev–Trinajstić information content (AvgIpc) is 3.32. The third-order valence-corrected chi connectivity index (χ3v) is 7.75. The molecular weight excluding hydrogens is 546 g/mol. The zero-order valence-electron chi connectivity index (χ0n) is 23.3. The molecule has 0 radical (unpaired) electrons. The number of para-hydroxylation sites is 1. The largest absolute Gasteiger partial charge is 0.352 e. The second-order valence-electron chi connectivity index (χ2n) is 10.8. The molecule has 2 aliphatic rings. The van der Waals surface area contributed by atoms with Gasteiger partial charge in [-0.05, 0) is 52.9 Å². The number of aromatic nitrogens is 1. The second-order valence-corrected chi connectivity index (χ2v) is 10.8. The van der Waals surface area contributed by atoms with Crippen molar-refractivity contribution >= 4 is 46.1 Å². The molecule has 3 N–H and O–H groups in total. The summed E-state index contributed by atoms with van der Waals surface area (Å²) in [5.41, 5.74) is 5.19. The molecule has 3 heterocycles. The smallest absolute Gasteiger partial charge is 0.255 e. The van der Waals surface area contributed by atoms with E-state index in [4.69, 9.17) is 0 Å². The van der Waals surface area contributed by atoms with Crippen LogP contribution >= 0.6 is 0 Å². The number of anilines is 1. The van der Waals surface area contributed by atoms with E-state index in [1.165, 1.54) is 4.90 Å².